The normalized spacial score (nSPS) is 10.6. The molecule has 0 aliphatic rings. The number of pyridine rings is 1. The van der Waals surface area contributed by atoms with Gasteiger partial charge in [0.2, 0.25) is 0 Å². The van der Waals surface area contributed by atoms with E-state index in [0.29, 0.717) is 0 Å². The first-order valence-corrected chi connectivity index (χ1v) is 5.17. The van der Waals surface area contributed by atoms with Gasteiger partial charge < -0.3 is 4.74 Å². The van der Waals surface area contributed by atoms with Crippen LogP contribution in [0.5, 0.6) is 5.75 Å². The van der Waals surface area contributed by atoms with Crippen LogP contribution in [-0.2, 0) is 0 Å². The molecule has 0 atom stereocenters. The number of aromatic amines is 1. The van der Waals surface area contributed by atoms with Crippen molar-refractivity contribution in [3.63, 3.8) is 0 Å². The molecule has 1 aromatic carbocycles. The van der Waals surface area contributed by atoms with Crippen LogP contribution in [0, 0.1) is 0 Å². The molecule has 0 fully saturated rings. The lowest BCUT2D eigenvalue weighted by Crippen LogP contribution is -1.90. The molecule has 0 amide bonds. The molecule has 1 N–H and O–H groups in total. The minimum Gasteiger partial charge on any atom is -0.494 e. The molecule has 0 aliphatic heterocycles. The van der Waals surface area contributed by atoms with E-state index < -0.39 is 0 Å². The first kappa shape index (κ1) is 9.77. The number of ether oxygens (including phenoxy) is 1. The lowest BCUT2D eigenvalue weighted by atomic mass is 10.1. The molecule has 2 aromatic heterocycles. The van der Waals surface area contributed by atoms with Crippen molar-refractivity contribution in [3.05, 3.63) is 36.8 Å². The third-order valence-corrected chi connectivity index (χ3v) is 2.62. The summed E-state index contributed by atoms with van der Waals surface area (Å²) in [5.74, 6) is 1.48. The summed E-state index contributed by atoms with van der Waals surface area (Å²) in [5, 5.41) is 7.70. The number of nitrogens with one attached hydrogen (secondary N) is 1. The predicted octanol–water partition coefficient (Wildman–Crippen LogP) is 2.03. The highest BCUT2D eigenvalue weighted by molar-refractivity contribution is 5.96. The van der Waals surface area contributed by atoms with E-state index in [1.165, 1.54) is 6.33 Å². The Hall–Kier alpha value is -2.43. The summed E-state index contributed by atoms with van der Waals surface area (Å²) in [4.78, 5) is 8.49. The van der Waals surface area contributed by atoms with Gasteiger partial charge in [-0.15, -0.1) is 0 Å². The first-order chi connectivity index (χ1) is 8.40. The van der Waals surface area contributed by atoms with Crippen LogP contribution >= 0.6 is 0 Å². The number of aromatic nitrogens is 4. The molecular formula is C12H10N4O. The fourth-order valence-electron chi connectivity index (χ4n) is 1.85. The van der Waals surface area contributed by atoms with Gasteiger partial charge in [0.1, 0.15) is 17.6 Å². The van der Waals surface area contributed by atoms with Crippen molar-refractivity contribution < 1.29 is 4.74 Å². The topological polar surface area (TPSA) is 63.7 Å². The molecule has 0 radical (unpaired) electrons. The standard InChI is InChI=1S/C12H10N4O/c1-17-10-5-4-9(12-14-7-15-16-12)8-3-2-6-13-11(8)10/h2-7H,1H3,(H,14,15,16). The largest absolute Gasteiger partial charge is 0.494 e. The van der Waals surface area contributed by atoms with Crippen molar-refractivity contribution in [1.82, 2.24) is 20.2 Å². The van der Waals surface area contributed by atoms with E-state index in [4.69, 9.17) is 4.74 Å². The smallest absolute Gasteiger partial charge is 0.156 e. The molecule has 84 valence electrons. The van der Waals surface area contributed by atoms with E-state index in [1.54, 1.807) is 13.3 Å². The van der Waals surface area contributed by atoms with Gasteiger partial charge in [0.15, 0.2) is 5.82 Å². The van der Waals surface area contributed by atoms with Gasteiger partial charge in [0.05, 0.1) is 7.11 Å². The number of methoxy groups -OCH3 is 1. The number of hydrogen-bond donors (Lipinski definition) is 1. The van der Waals surface area contributed by atoms with Crippen molar-refractivity contribution in [2.24, 2.45) is 0 Å². The van der Waals surface area contributed by atoms with Gasteiger partial charge >= 0.3 is 0 Å². The minimum absolute atomic E-state index is 0.727. The van der Waals surface area contributed by atoms with Gasteiger partial charge in [-0.25, -0.2) is 4.98 Å². The Morgan fingerprint density at radius 1 is 1.18 bits per heavy atom. The summed E-state index contributed by atoms with van der Waals surface area (Å²) in [6.45, 7) is 0. The van der Waals surface area contributed by atoms with Gasteiger partial charge in [-0.2, -0.15) is 5.10 Å². The van der Waals surface area contributed by atoms with Crippen molar-refractivity contribution in [2.45, 2.75) is 0 Å². The van der Waals surface area contributed by atoms with Gasteiger partial charge in [-0.1, -0.05) is 6.07 Å². The molecule has 2 heterocycles. The van der Waals surface area contributed by atoms with Crippen LogP contribution in [0.15, 0.2) is 36.8 Å². The summed E-state index contributed by atoms with van der Waals surface area (Å²) in [6.07, 6.45) is 3.23. The lowest BCUT2D eigenvalue weighted by molar-refractivity contribution is 0.419. The summed E-state index contributed by atoms with van der Waals surface area (Å²) in [5.41, 5.74) is 1.79. The average Bonchev–Trinajstić information content (AvgIpc) is 2.91. The summed E-state index contributed by atoms with van der Waals surface area (Å²) in [7, 11) is 1.64. The third kappa shape index (κ3) is 1.52. The van der Waals surface area contributed by atoms with Gasteiger partial charge in [-0.05, 0) is 18.2 Å². The number of nitrogens with zero attached hydrogens (tertiary/aromatic N) is 3. The quantitative estimate of drug-likeness (QED) is 0.726. The van der Waals surface area contributed by atoms with Gasteiger partial charge in [-0.3, -0.25) is 10.1 Å². The van der Waals surface area contributed by atoms with E-state index in [2.05, 4.69) is 20.2 Å². The van der Waals surface area contributed by atoms with Crippen LogP contribution in [0.25, 0.3) is 22.3 Å². The maximum atomic E-state index is 5.29. The molecule has 3 rings (SSSR count). The highest BCUT2D eigenvalue weighted by Crippen LogP contribution is 2.30. The van der Waals surface area contributed by atoms with Crippen LogP contribution in [-0.4, -0.2) is 27.3 Å². The lowest BCUT2D eigenvalue weighted by Gasteiger charge is -2.07. The van der Waals surface area contributed by atoms with Gasteiger partial charge in [0, 0.05) is 17.1 Å². The van der Waals surface area contributed by atoms with E-state index >= 15 is 0 Å². The summed E-state index contributed by atoms with van der Waals surface area (Å²) in [6, 6.07) is 7.71. The van der Waals surface area contributed by atoms with E-state index in [0.717, 1.165) is 28.0 Å². The summed E-state index contributed by atoms with van der Waals surface area (Å²) < 4.78 is 5.29. The second kappa shape index (κ2) is 3.86. The molecule has 5 nitrogen and oxygen atoms in total. The SMILES string of the molecule is COc1ccc(-c2ncn[nH]2)c2cccnc12. The molecule has 17 heavy (non-hydrogen) atoms. The maximum absolute atomic E-state index is 5.29. The fraction of sp³-hybridized carbons (Fsp3) is 0.0833. The Morgan fingerprint density at radius 3 is 2.88 bits per heavy atom. The number of H-pyrrole nitrogens is 1. The Labute approximate surface area is 97.5 Å². The van der Waals surface area contributed by atoms with Crippen molar-refractivity contribution in [3.8, 4) is 17.1 Å². The molecule has 0 unspecified atom stereocenters. The second-order valence-electron chi connectivity index (χ2n) is 3.55. The zero-order valence-corrected chi connectivity index (χ0v) is 9.21. The monoisotopic (exact) mass is 226 g/mol. The van der Waals surface area contributed by atoms with Crippen LogP contribution in [0.4, 0.5) is 0 Å². The molecule has 3 aromatic rings. The molecule has 0 bridgehead atoms. The Bertz CT molecular complexity index is 649. The number of fused-ring (bicyclic) bond motifs is 1. The molecule has 0 aliphatic carbocycles. The molecule has 0 saturated carbocycles. The number of benzene rings is 1. The van der Waals surface area contributed by atoms with Crippen molar-refractivity contribution in [1.29, 1.82) is 0 Å². The zero-order valence-electron chi connectivity index (χ0n) is 9.21. The number of rotatable bonds is 2. The van der Waals surface area contributed by atoms with Crippen LogP contribution < -0.4 is 4.74 Å². The molecule has 0 spiro atoms. The zero-order chi connectivity index (χ0) is 11.7. The Kier molecular flexibility index (Phi) is 2.22. The van der Waals surface area contributed by atoms with E-state index in [9.17, 15) is 0 Å². The number of hydrogen-bond acceptors (Lipinski definition) is 4. The van der Waals surface area contributed by atoms with E-state index in [-0.39, 0.29) is 0 Å². The molecule has 0 saturated heterocycles. The molecular weight excluding hydrogens is 216 g/mol. The Balaban J connectivity index is 2.34. The fourth-order valence-corrected chi connectivity index (χ4v) is 1.85. The second-order valence-corrected chi connectivity index (χ2v) is 3.55. The minimum atomic E-state index is 0.727. The first-order valence-electron chi connectivity index (χ1n) is 5.17. The third-order valence-electron chi connectivity index (χ3n) is 2.62. The highest BCUT2D eigenvalue weighted by atomic mass is 16.5. The molecule has 5 heteroatoms. The van der Waals surface area contributed by atoms with Gasteiger partial charge in [0.25, 0.3) is 0 Å². The Morgan fingerprint density at radius 2 is 2.12 bits per heavy atom. The van der Waals surface area contributed by atoms with E-state index in [1.807, 2.05) is 24.3 Å². The highest BCUT2D eigenvalue weighted by Gasteiger charge is 2.10. The van der Waals surface area contributed by atoms with Crippen LogP contribution in [0.1, 0.15) is 0 Å². The van der Waals surface area contributed by atoms with Crippen molar-refractivity contribution in [2.75, 3.05) is 7.11 Å². The van der Waals surface area contributed by atoms with Crippen LogP contribution in [0.2, 0.25) is 0 Å². The van der Waals surface area contributed by atoms with Crippen molar-refractivity contribution >= 4 is 10.9 Å². The maximum Gasteiger partial charge on any atom is 0.156 e. The van der Waals surface area contributed by atoms with Crippen LogP contribution in [0.3, 0.4) is 0 Å². The average molecular weight is 226 g/mol. The predicted molar refractivity (Wildman–Crippen MR) is 63.7 cm³/mol. The summed E-state index contributed by atoms with van der Waals surface area (Å²) >= 11 is 0.